The van der Waals surface area contributed by atoms with E-state index in [4.69, 9.17) is 0 Å². The van der Waals surface area contributed by atoms with E-state index in [1.807, 2.05) is 39.4 Å². The summed E-state index contributed by atoms with van der Waals surface area (Å²) in [7, 11) is 0. The van der Waals surface area contributed by atoms with E-state index in [0.29, 0.717) is 30.9 Å². The second-order valence-electron chi connectivity index (χ2n) is 6.47. The van der Waals surface area contributed by atoms with Crippen LogP contribution >= 0.6 is 11.3 Å². The highest BCUT2D eigenvalue weighted by atomic mass is 32.1. The number of nitrogens with one attached hydrogen (secondary N) is 1. The summed E-state index contributed by atoms with van der Waals surface area (Å²) in [5.74, 6) is -0.0637. The molecule has 7 nitrogen and oxygen atoms in total. The van der Waals surface area contributed by atoms with Crippen molar-refractivity contribution in [3.05, 3.63) is 46.0 Å². The van der Waals surface area contributed by atoms with Gasteiger partial charge in [0.15, 0.2) is 0 Å². The summed E-state index contributed by atoms with van der Waals surface area (Å²) in [6, 6.07) is 5.70. The Bertz CT molecular complexity index is 899. The number of fused-ring (bicyclic) bond motifs is 1. The van der Waals surface area contributed by atoms with Gasteiger partial charge in [-0.15, -0.1) is 0 Å². The van der Waals surface area contributed by atoms with Crippen molar-refractivity contribution in [1.82, 2.24) is 24.9 Å². The van der Waals surface area contributed by atoms with E-state index in [9.17, 15) is 9.90 Å². The molecule has 0 aliphatic carbocycles. The first-order valence-corrected chi connectivity index (χ1v) is 9.72. The van der Waals surface area contributed by atoms with E-state index in [-0.39, 0.29) is 5.91 Å². The predicted molar refractivity (Wildman–Crippen MR) is 98.7 cm³/mol. The van der Waals surface area contributed by atoms with Crippen molar-refractivity contribution in [3.8, 4) is 11.3 Å². The Morgan fingerprint density at radius 2 is 2.31 bits per heavy atom. The molecule has 4 heterocycles. The van der Waals surface area contributed by atoms with Gasteiger partial charge in [-0.05, 0) is 36.4 Å². The first kappa shape index (κ1) is 17.0. The number of aromatic amines is 1. The van der Waals surface area contributed by atoms with Gasteiger partial charge in [0.25, 0.3) is 5.91 Å². The van der Waals surface area contributed by atoms with Gasteiger partial charge in [-0.25, -0.2) is 0 Å². The molecule has 0 aromatic carbocycles. The summed E-state index contributed by atoms with van der Waals surface area (Å²) >= 11 is 1.60. The van der Waals surface area contributed by atoms with Crippen molar-refractivity contribution < 1.29 is 9.90 Å². The SMILES string of the molecule is CC[C@@H](O)c1cc2n(n1)CCCN(C(=O)c1cc(-c3ccsc3)n[nH]1)C2. The number of carbonyl (C=O) groups excluding carboxylic acids is 1. The highest BCUT2D eigenvalue weighted by Gasteiger charge is 2.24. The van der Waals surface area contributed by atoms with Gasteiger partial charge in [0, 0.05) is 24.0 Å². The summed E-state index contributed by atoms with van der Waals surface area (Å²) in [6.45, 7) is 3.82. The number of nitrogens with zero attached hydrogens (tertiary/aromatic N) is 4. The van der Waals surface area contributed by atoms with E-state index >= 15 is 0 Å². The Morgan fingerprint density at radius 1 is 1.42 bits per heavy atom. The second kappa shape index (κ2) is 7.05. The van der Waals surface area contributed by atoms with Gasteiger partial charge < -0.3 is 10.0 Å². The molecular formula is C18H21N5O2S. The molecule has 1 atom stereocenters. The molecule has 0 spiro atoms. The number of aliphatic hydroxyl groups is 1. The number of carbonyl (C=O) groups is 1. The Kier molecular flexibility index (Phi) is 4.60. The Morgan fingerprint density at radius 3 is 3.08 bits per heavy atom. The van der Waals surface area contributed by atoms with Crippen LogP contribution in [0.4, 0.5) is 0 Å². The lowest BCUT2D eigenvalue weighted by atomic mass is 10.2. The smallest absolute Gasteiger partial charge is 0.272 e. The molecule has 0 bridgehead atoms. The molecule has 136 valence electrons. The molecule has 0 saturated heterocycles. The molecule has 1 aliphatic heterocycles. The average Bonchev–Trinajstić information content (AvgIpc) is 3.38. The van der Waals surface area contributed by atoms with Gasteiger partial charge in [0.1, 0.15) is 5.69 Å². The lowest BCUT2D eigenvalue weighted by Crippen LogP contribution is -2.31. The number of aliphatic hydroxyl groups excluding tert-OH is 1. The van der Waals surface area contributed by atoms with Crippen LogP contribution in [0.1, 0.15) is 47.7 Å². The zero-order chi connectivity index (χ0) is 18.1. The van der Waals surface area contributed by atoms with E-state index in [1.54, 1.807) is 17.4 Å². The van der Waals surface area contributed by atoms with Crippen LogP contribution in [0.25, 0.3) is 11.3 Å². The van der Waals surface area contributed by atoms with E-state index < -0.39 is 6.10 Å². The van der Waals surface area contributed by atoms with Gasteiger partial charge >= 0.3 is 0 Å². The van der Waals surface area contributed by atoms with Crippen LogP contribution < -0.4 is 0 Å². The first-order chi connectivity index (χ1) is 12.7. The molecule has 0 fully saturated rings. The number of thiophene rings is 1. The maximum atomic E-state index is 12.9. The topological polar surface area (TPSA) is 87.0 Å². The molecule has 3 aromatic heterocycles. The van der Waals surface area contributed by atoms with E-state index in [0.717, 1.165) is 29.9 Å². The largest absolute Gasteiger partial charge is 0.387 e. The van der Waals surface area contributed by atoms with Crippen LogP contribution in [0.15, 0.2) is 29.0 Å². The van der Waals surface area contributed by atoms with Crippen molar-refractivity contribution in [3.63, 3.8) is 0 Å². The highest BCUT2D eigenvalue weighted by Crippen LogP contribution is 2.23. The number of aryl methyl sites for hydroxylation is 1. The highest BCUT2D eigenvalue weighted by molar-refractivity contribution is 7.08. The van der Waals surface area contributed by atoms with Crippen LogP contribution in [0.2, 0.25) is 0 Å². The van der Waals surface area contributed by atoms with Crippen molar-refractivity contribution in [2.24, 2.45) is 0 Å². The minimum atomic E-state index is -0.556. The maximum absolute atomic E-state index is 12.9. The van der Waals surface area contributed by atoms with E-state index in [2.05, 4.69) is 15.3 Å². The predicted octanol–water partition coefficient (Wildman–Crippen LogP) is 2.82. The molecule has 26 heavy (non-hydrogen) atoms. The zero-order valence-corrected chi connectivity index (χ0v) is 15.4. The Hall–Kier alpha value is -2.45. The standard InChI is InChI=1S/C18H21N5O2S/c1-2-17(24)15-8-13-10-22(5-3-6-23(13)21-15)18(25)16-9-14(19-20-16)12-4-7-26-11-12/h4,7-9,11,17,24H,2-3,5-6,10H2,1H3,(H,19,20)/t17-/m1/s1. The normalized spacial score (nSPS) is 15.5. The number of amides is 1. The molecule has 8 heteroatoms. The number of aromatic nitrogens is 4. The first-order valence-electron chi connectivity index (χ1n) is 8.77. The van der Waals surface area contributed by atoms with Gasteiger partial charge in [0.2, 0.25) is 0 Å². The number of hydrogen-bond donors (Lipinski definition) is 2. The molecular weight excluding hydrogens is 350 g/mol. The average molecular weight is 371 g/mol. The van der Waals surface area contributed by atoms with Crippen molar-refractivity contribution in [2.45, 2.75) is 39.0 Å². The van der Waals surface area contributed by atoms with Gasteiger partial charge in [0.05, 0.1) is 29.7 Å². The summed E-state index contributed by atoms with van der Waals surface area (Å²) < 4.78 is 1.91. The molecule has 1 aliphatic rings. The van der Waals surface area contributed by atoms with Crippen LogP contribution in [-0.4, -0.2) is 42.4 Å². The molecule has 0 radical (unpaired) electrons. The fourth-order valence-electron chi connectivity index (χ4n) is 3.19. The molecule has 0 unspecified atom stereocenters. The third-order valence-electron chi connectivity index (χ3n) is 4.67. The molecule has 2 N–H and O–H groups in total. The number of rotatable bonds is 4. The fourth-order valence-corrected chi connectivity index (χ4v) is 3.84. The van der Waals surface area contributed by atoms with Crippen LogP contribution in [0, 0.1) is 0 Å². The van der Waals surface area contributed by atoms with Crippen molar-refractivity contribution in [2.75, 3.05) is 6.54 Å². The summed E-state index contributed by atoms with van der Waals surface area (Å²) in [5, 5.41) is 25.7. The van der Waals surface area contributed by atoms with Crippen LogP contribution in [0.3, 0.4) is 0 Å². The van der Waals surface area contributed by atoms with Gasteiger partial charge in [-0.3, -0.25) is 14.6 Å². The van der Waals surface area contributed by atoms with Crippen LogP contribution in [-0.2, 0) is 13.1 Å². The molecule has 4 rings (SSSR count). The quantitative estimate of drug-likeness (QED) is 0.738. The zero-order valence-electron chi connectivity index (χ0n) is 14.6. The lowest BCUT2D eigenvalue weighted by molar-refractivity contribution is 0.0739. The van der Waals surface area contributed by atoms with Gasteiger partial charge in [-0.2, -0.15) is 21.5 Å². The third kappa shape index (κ3) is 3.17. The molecule has 3 aromatic rings. The summed E-state index contributed by atoms with van der Waals surface area (Å²) in [4.78, 5) is 14.7. The molecule has 0 saturated carbocycles. The second-order valence-corrected chi connectivity index (χ2v) is 7.25. The van der Waals surface area contributed by atoms with E-state index in [1.165, 1.54) is 0 Å². The van der Waals surface area contributed by atoms with Crippen molar-refractivity contribution >= 4 is 17.2 Å². The maximum Gasteiger partial charge on any atom is 0.272 e. The summed E-state index contributed by atoms with van der Waals surface area (Å²) in [6.07, 6.45) is 0.894. The minimum absolute atomic E-state index is 0.0637. The summed E-state index contributed by atoms with van der Waals surface area (Å²) in [5.41, 5.74) is 3.92. The number of H-pyrrole nitrogens is 1. The molecule has 1 amide bonds. The monoisotopic (exact) mass is 371 g/mol. The van der Waals surface area contributed by atoms with Gasteiger partial charge in [-0.1, -0.05) is 6.92 Å². The minimum Gasteiger partial charge on any atom is -0.387 e. The number of hydrogen-bond acceptors (Lipinski definition) is 5. The third-order valence-corrected chi connectivity index (χ3v) is 5.36. The Labute approximate surface area is 155 Å². The van der Waals surface area contributed by atoms with Crippen molar-refractivity contribution in [1.29, 1.82) is 0 Å². The fraction of sp³-hybridized carbons (Fsp3) is 0.389. The van der Waals surface area contributed by atoms with Crippen LogP contribution in [0.5, 0.6) is 0 Å². The Balaban J connectivity index is 1.54. The lowest BCUT2D eigenvalue weighted by Gasteiger charge is -2.18.